The molecule has 1 heterocycles. The maximum Gasteiger partial charge on any atom is 0.315 e. The van der Waals surface area contributed by atoms with E-state index in [0.29, 0.717) is 17.4 Å². The van der Waals surface area contributed by atoms with E-state index < -0.39 is 6.10 Å². The van der Waals surface area contributed by atoms with Gasteiger partial charge in [-0.3, -0.25) is 0 Å². The Balaban J connectivity index is 1.74. The first-order valence-corrected chi connectivity index (χ1v) is 8.70. The van der Waals surface area contributed by atoms with Crippen LogP contribution in [0.3, 0.4) is 0 Å². The van der Waals surface area contributed by atoms with Crippen LogP contribution in [0.25, 0.3) is 0 Å². The van der Waals surface area contributed by atoms with Gasteiger partial charge in [0.15, 0.2) is 0 Å². The first-order valence-electron chi connectivity index (χ1n) is 7.41. The number of aliphatic hydroxyl groups excluding tert-OH is 1. The van der Waals surface area contributed by atoms with E-state index >= 15 is 0 Å². The van der Waals surface area contributed by atoms with Crippen LogP contribution in [0, 0.1) is 0 Å². The molecule has 1 aliphatic rings. The number of rotatable bonds is 6. The summed E-state index contributed by atoms with van der Waals surface area (Å²) in [6, 6.07) is 3.45. The molecule has 1 aromatic rings. The molecule has 1 aliphatic carbocycles. The van der Waals surface area contributed by atoms with Crippen LogP contribution in [0.4, 0.5) is 4.79 Å². The summed E-state index contributed by atoms with van der Waals surface area (Å²) in [6.45, 7) is 1.88. The van der Waals surface area contributed by atoms with Crippen molar-refractivity contribution in [3.05, 3.63) is 24.2 Å². The molecular weight excluding hydrogens is 288 g/mol. The van der Waals surface area contributed by atoms with Crippen molar-refractivity contribution < 1.29 is 14.3 Å². The van der Waals surface area contributed by atoms with Crippen LogP contribution in [0.1, 0.15) is 44.5 Å². The Bertz CT molecular complexity index is 438. The molecule has 1 saturated carbocycles. The monoisotopic (exact) mass is 312 g/mol. The number of urea groups is 1. The molecule has 0 aromatic carbocycles. The Morgan fingerprint density at radius 2 is 2.38 bits per heavy atom. The fourth-order valence-corrected chi connectivity index (χ4v) is 3.73. The highest BCUT2D eigenvalue weighted by Gasteiger charge is 2.28. The van der Waals surface area contributed by atoms with Gasteiger partial charge in [0.1, 0.15) is 11.9 Å². The van der Waals surface area contributed by atoms with Crippen molar-refractivity contribution >= 4 is 17.8 Å². The Hall–Kier alpha value is -1.14. The highest BCUT2D eigenvalue weighted by atomic mass is 32.2. The number of nitrogens with one attached hydrogen (secondary N) is 2. The molecule has 0 aliphatic heterocycles. The second-order valence-electron chi connectivity index (χ2n) is 5.60. The SMILES string of the molecule is CS[C@@H]1CCC[C@@H]1NC(=O)N[C@@H](C)C[C@@H](O)c1ccco1. The van der Waals surface area contributed by atoms with E-state index in [9.17, 15) is 9.90 Å². The Morgan fingerprint density at radius 3 is 3.05 bits per heavy atom. The smallest absolute Gasteiger partial charge is 0.315 e. The van der Waals surface area contributed by atoms with Gasteiger partial charge in [-0.05, 0) is 38.2 Å². The number of furan rings is 1. The molecule has 5 nitrogen and oxygen atoms in total. The Morgan fingerprint density at radius 1 is 1.57 bits per heavy atom. The number of amides is 2. The molecule has 118 valence electrons. The third kappa shape index (κ3) is 4.68. The second kappa shape index (κ2) is 7.75. The summed E-state index contributed by atoms with van der Waals surface area (Å²) >= 11 is 1.82. The van der Waals surface area contributed by atoms with Gasteiger partial charge in [-0.2, -0.15) is 11.8 Å². The fraction of sp³-hybridized carbons (Fsp3) is 0.667. The number of thioether (sulfide) groups is 1. The molecule has 0 spiro atoms. The van der Waals surface area contributed by atoms with Gasteiger partial charge in [-0.15, -0.1) is 0 Å². The number of carbonyl (C=O) groups excluding carboxylic acids is 1. The summed E-state index contributed by atoms with van der Waals surface area (Å²) < 4.78 is 5.16. The van der Waals surface area contributed by atoms with Crippen LogP contribution in [0.5, 0.6) is 0 Å². The first-order chi connectivity index (χ1) is 10.1. The van der Waals surface area contributed by atoms with E-state index in [-0.39, 0.29) is 18.1 Å². The lowest BCUT2D eigenvalue weighted by Gasteiger charge is -2.22. The summed E-state index contributed by atoms with van der Waals surface area (Å²) in [4.78, 5) is 12.0. The zero-order valence-electron chi connectivity index (χ0n) is 12.5. The summed E-state index contributed by atoms with van der Waals surface area (Å²) in [7, 11) is 0. The Kier molecular flexibility index (Phi) is 5.99. The highest BCUT2D eigenvalue weighted by molar-refractivity contribution is 7.99. The standard InChI is InChI=1S/C15H24N2O3S/c1-10(9-12(18)13-6-4-8-20-13)16-15(19)17-11-5-3-7-14(11)21-2/h4,6,8,10-12,14,18H,3,5,7,9H2,1-2H3,(H2,16,17,19)/t10-,11-,12+,14+/m0/s1. The normalized spacial score (nSPS) is 24.5. The predicted octanol–water partition coefficient (Wildman–Crippen LogP) is 2.67. The van der Waals surface area contributed by atoms with Crippen LogP contribution < -0.4 is 10.6 Å². The fourth-order valence-electron chi connectivity index (χ4n) is 2.80. The van der Waals surface area contributed by atoms with E-state index in [1.807, 2.05) is 18.7 Å². The summed E-state index contributed by atoms with van der Waals surface area (Å²) in [5.74, 6) is 0.530. The van der Waals surface area contributed by atoms with Crippen LogP contribution in [0.15, 0.2) is 22.8 Å². The topological polar surface area (TPSA) is 74.5 Å². The van der Waals surface area contributed by atoms with Gasteiger partial charge in [-0.1, -0.05) is 6.42 Å². The minimum atomic E-state index is -0.694. The zero-order chi connectivity index (χ0) is 15.2. The van der Waals surface area contributed by atoms with Crippen LogP contribution in [-0.2, 0) is 0 Å². The lowest BCUT2D eigenvalue weighted by atomic mass is 10.1. The third-order valence-corrected chi connectivity index (χ3v) is 5.07. The average Bonchev–Trinajstić information content (AvgIpc) is 3.08. The molecule has 21 heavy (non-hydrogen) atoms. The van der Waals surface area contributed by atoms with Crippen LogP contribution in [-0.4, -0.2) is 34.7 Å². The molecular formula is C15H24N2O3S. The van der Waals surface area contributed by atoms with Crippen molar-refractivity contribution in [2.24, 2.45) is 0 Å². The molecule has 3 N–H and O–H groups in total. The number of hydrogen-bond acceptors (Lipinski definition) is 4. The summed E-state index contributed by atoms with van der Waals surface area (Å²) in [5, 5.41) is 16.4. The van der Waals surface area contributed by atoms with Crippen molar-refractivity contribution in [3.8, 4) is 0 Å². The molecule has 0 radical (unpaired) electrons. The van der Waals surface area contributed by atoms with Crippen LogP contribution in [0.2, 0.25) is 0 Å². The van der Waals surface area contributed by atoms with Gasteiger partial charge in [0, 0.05) is 23.8 Å². The average molecular weight is 312 g/mol. The second-order valence-corrected chi connectivity index (χ2v) is 6.67. The van der Waals surface area contributed by atoms with Gasteiger partial charge in [0.05, 0.1) is 6.26 Å². The lowest BCUT2D eigenvalue weighted by molar-refractivity contribution is 0.129. The van der Waals surface area contributed by atoms with E-state index in [4.69, 9.17) is 4.42 Å². The van der Waals surface area contributed by atoms with Gasteiger partial charge < -0.3 is 20.2 Å². The summed E-state index contributed by atoms with van der Waals surface area (Å²) in [5.41, 5.74) is 0. The molecule has 2 rings (SSSR count). The number of aliphatic hydroxyl groups is 1. The quantitative estimate of drug-likeness (QED) is 0.755. The van der Waals surface area contributed by atoms with Crippen molar-refractivity contribution in [1.82, 2.24) is 10.6 Å². The van der Waals surface area contributed by atoms with Crippen molar-refractivity contribution in [1.29, 1.82) is 0 Å². The van der Waals surface area contributed by atoms with E-state index in [1.165, 1.54) is 19.1 Å². The van der Waals surface area contributed by atoms with Gasteiger partial charge in [0.25, 0.3) is 0 Å². The minimum Gasteiger partial charge on any atom is -0.467 e. The third-order valence-electron chi connectivity index (χ3n) is 3.90. The maximum absolute atomic E-state index is 12.0. The number of carbonyl (C=O) groups is 1. The van der Waals surface area contributed by atoms with Crippen LogP contribution >= 0.6 is 11.8 Å². The molecule has 0 bridgehead atoms. The highest BCUT2D eigenvalue weighted by Crippen LogP contribution is 2.28. The number of hydrogen-bond donors (Lipinski definition) is 3. The van der Waals surface area contributed by atoms with Crippen molar-refractivity contribution in [3.63, 3.8) is 0 Å². The molecule has 4 atom stereocenters. The molecule has 1 fully saturated rings. The van der Waals surface area contributed by atoms with Gasteiger partial charge in [0.2, 0.25) is 0 Å². The molecule has 0 saturated heterocycles. The van der Waals surface area contributed by atoms with Crippen molar-refractivity contribution in [2.45, 2.75) is 56.0 Å². The lowest BCUT2D eigenvalue weighted by Crippen LogP contribution is -2.47. The summed E-state index contributed by atoms with van der Waals surface area (Å²) in [6.07, 6.45) is 6.74. The van der Waals surface area contributed by atoms with E-state index in [0.717, 1.165) is 6.42 Å². The molecule has 6 heteroatoms. The van der Waals surface area contributed by atoms with Gasteiger partial charge >= 0.3 is 6.03 Å². The minimum absolute atomic E-state index is 0.126. The Labute approximate surface area is 129 Å². The zero-order valence-corrected chi connectivity index (χ0v) is 13.4. The maximum atomic E-state index is 12.0. The van der Waals surface area contributed by atoms with Gasteiger partial charge in [-0.25, -0.2) is 4.79 Å². The largest absolute Gasteiger partial charge is 0.467 e. The molecule has 2 amide bonds. The molecule has 0 unspecified atom stereocenters. The van der Waals surface area contributed by atoms with E-state index in [2.05, 4.69) is 16.9 Å². The van der Waals surface area contributed by atoms with Crippen molar-refractivity contribution in [2.75, 3.05) is 6.26 Å². The first kappa shape index (κ1) is 16.2. The van der Waals surface area contributed by atoms with E-state index in [1.54, 1.807) is 12.1 Å². The predicted molar refractivity (Wildman–Crippen MR) is 84.4 cm³/mol. The molecule has 1 aromatic heterocycles.